The molecule has 0 aliphatic rings. The fourth-order valence-electron chi connectivity index (χ4n) is 3.01. The van der Waals surface area contributed by atoms with Crippen molar-refractivity contribution in [3.63, 3.8) is 0 Å². The van der Waals surface area contributed by atoms with Gasteiger partial charge >= 0.3 is 0 Å². The Labute approximate surface area is 179 Å². The van der Waals surface area contributed by atoms with Gasteiger partial charge < -0.3 is 4.98 Å². The van der Waals surface area contributed by atoms with E-state index in [0.29, 0.717) is 10.9 Å². The number of rotatable bonds is 3. The number of H-pyrrole nitrogens is 1. The van der Waals surface area contributed by atoms with Crippen LogP contribution in [0.2, 0.25) is 5.02 Å². The van der Waals surface area contributed by atoms with E-state index >= 15 is 0 Å². The van der Waals surface area contributed by atoms with E-state index in [4.69, 9.17) is 11.6 Å². The van der Waals surface area contributed by atoms with Crippen molar-refractivity contribution in [2.24, 2.45) is 0 Å². The van der Waals surface area contributed by atoms with Crippen molar-refractivity contribution < 1.29 is 17.0 Å². The first-order valence-corrected chi connectivity index (χ1v) is 11.2. The van der Waals surface area contributed by atoms with Crippen LogP contribution in [0, 0.1) is 24.3 Å². The van der Waals surface area contributed by atoms with Crippen molar-refractivity contribution in [1.29, 1.82) is 0 Å². The Morgan fingerprint density at radius 2 is 1.90 bits per heavy atom. The molecule has 0 amide bonds. The van der Waals surface area contributed by atoms with E-state index in [-0.39, 0.29) is 43.0 Å². The highest BCUT2D eigenvalue weighted by Crippen LogP contribution is 2.32. The molecule has 3 aromatic heterocycles. The van der Waals surface area contributed by atoms with Crippen molar-refractivity contribution in [3.8, 4) is 11.4 Å². The fourth-order valence-corrected chi connectivity index (χ4v) is 4.85. The Hall–Kier alpha value is -2.82. The number of aromatic amines is 1. The average molecular weight is 465 g/mol. The number of nitrogens with one attached hydrogen (secondary N) is 1. The molecule has 0 radical (unpaired) electrons. The van der Waals surface area contributed by atoms with Gasteiger partial charge in [0.1, 0.15) is 17.1 Å². The van der Waals surface area contributed by atoms with E-state index in [1.807, 2.05) is 6.92 Å². The molecule has 0 aliphatic heterocycles. The predicted octanol–water partition coefficient (Wildman–Crippen LogP) is 3.82. The molecule has 0 atom stereocenters. The molecule has 154 valence electrons. The van der Waals surface area contributed by atoms with Gasteiger partial charge in [0.15, 0.2) is 16.1 Å². The first kappa shape index (κ1) is 20.5. The van der Waals surface area contributed by atoms with Crippen LogP contribution in [0.4, 0.5) is 4.39 Å². The molecule has 4 rings (SSSR count). The molecule has 7 nitrogen and oxygen atoms in total. The summed E-state index contributed by atoms with van der Waals surface area (Å²) in [7, 11) is -3.99. The number of nitrogens with zero attached hydrogens (tertiary/aromatic N) is 3. The van der Waals surface area contributed by atoms with E-state index in [0.717, 1.165) is 9.54 Å². The maximum atomic E-state index is 14.1. The molecule has 0 unspecified atom stereocenters. The number of hydrogen-bond donors (Lipinski definition) is 1. The minimum atomic E-state index is -3.99. The Morgan fingerprint density at radius 3 is 2.57 bits per heavy atom. The molecule has 3 heterocycles. The van der Waals surface area contributed by atoms with Crippen LogP contribution in [-0.2, 0) is 21.3 Å². The third-order valence-electron chi connectivity index (χ3n) is 4.52. The molecule has 0 saturated carbocycles. The zero-order chi connectivity index (χ0) is 21.6. The van der Waals surface area contributed by atoms with E-state index in [1.54, 1.807) is 18.2 Å². The van der Waals surface area contributed by atoms with Crippen LogP contribution in [0.5, 0.6) is 0 Å². The van der Waals surface area contributed by atoms with E-state index in [1.165, 1.54) is 31.5 Å². The summed E-state index contributed by atoms with van der Waals surface area (Å²) in [6.45, 7) is 3.27. The Kier molecular flexibility index (Phi) is 5.08. The molecular formula is C19H14ClFN4O3S2. The number of hydrogen-bond acceptors (Lipinski definition) is 5. The molecule has 0 bridgehead atoms. The molecule has 30 heavy (non-hydrogen) atoms. The predicted molar refractivity (Wildman–Crippen MR) is 112 cm³/mol. The Balaban J connectivity index is 2.05. The largest absolute Gasteiger partial charge is 0.326 e. The molecule has 0 fully saturated rings. The number of benzene rings is 1. The minimum Gasteiger partial charge on any atom is -0.326 e. The zero-order valence-electron chi connectivity index (χ0n) is 15.7. The third-order valence-corrected chi connectivity index (χ3v) is 6.84. The maximum Gasteiger partial charge on any atom is 0.269 e. The van der Waals surface area contributed by atoms with Crippen LogP contribution in [0.15, 0.2) is 47.6 Å². The molecule has 4 aromatic rings. The van der Waals surface area contributed by atoms with Gasteiger partial charge in [0.2, 0.25) is 0 Å². The molecule has 0 aliphatic carbocycles. The smallest absolute Gasteiger partial charge is 0.269 e. The number of halogens is 2. The summed E-state index contributed by atoms with van der Waals surface area (Å²) in [4.78, 5) is 11.0. The van der Waals surface area contributed by atoms with Crippen molar-refractivity contribution in [2.45, 2.75) is 18.7 Å². The average Bonchev–Trinajstić information content (AvgIpc) is 3.09. The highest BCUT2D eigenvalue weighted by Gasteiger charge is 2.24. The summed E-state index contributed by atoms with van der Waals surface area (Å²) in [6.07, 6.45) is 2.67. The third kappa shape index (κ3) is 3.36. The number of fused-ring (bicyclic) bond motifs is 1. The second-order valence-electron chi connectivity index (χ2n) is 6.58. The van der Waals surface area contributed by atoms with Gasteiger partial charge in [-0.1, -0.05) is 29.3 Å². The normalized spacial score (nSPS) is 11.7. The monoisotopic (exact) mass is 464 g/mol. The van der Waals surface area contributed by atoms with Crippen LogP contribution < -0.4 is 0 Å². The second kappa shape index (κ2) is 7.46. The summed E-state index contributed by atoms with van der Waals surface area (Å²) in [5, 5.41) is 0.668. The van der Waals surface area contributed by atoms with E-state index in [9.17, 15) is 17.0 Å². The molecule has 1 N–H and O–H groups in total. The fraction of sp³-hybridized carbons (Fsp3) is 0.105. The van der Waals surface area contributed by atoms with Gasteiger partial charge in [0.25, 0.3) is 10.0 Å². The molecule has 0 spiro atoms. The molecular weight excluding hydrogens is 451 g/mol. The molecule has 0 saturated heterocycles. The van der Waals surface area contributed by atoms with Crippen LogP contribution in [0.3, 0.4) is 0 Å². The standard InChI is InChI=1S/C19H14ClFN4O3S2/c1-10-3-5-13(6-4-10)30(27,28)25-9-15(14-7-12(20)8-22-18(14)25)17-23-11(2)16(21)19(24-17)29-26/h3-9H,1-2H3,(H,23,24). The number of aromatic nitrogens is 4. The lowest BCUT2D eigenvalue weighted by atomic mass is 10.2. The van der Waals surface area contributed by atoms with Gasteiger partial charge in [-0.05, 0) is 32.0 Å². The van der Waals surface area contributed by atoms with Gasteiger partial charge in [0, 0.05) is 23.3 Å². The second-order valence-corrected chi connectivity index (χ2v) is 9.40. The van der Waals surface area contributed by atoms with Crippen LogP contribution in [0.25, 0.3) is 22.4 Å². The lowest BCUT2D eigenvalue weighted by molar-refractivity contribution is 0.588. The van der Waals surface area contributed by atoms with Crippen molar-refractivity contribution in [2.75, 3.05) is 0 Å². The number of aryl methyl sites for hydroxylation is 2. The van der Waals surface area contributed by atoms with Crippen molar-refractivity contribution in [3.05, 3.63) is 69.5 Å². The highest BCUT2D eigenvalue weighted by atomic mass is 35.5. The summed E-state index contributed by atoms with van der Waals surface area (Å²) in [5.41, 5.74) is 1.36. The lowest BCUT2D eigenvalue weighted by Gasteiger charge is -2.07. The van der Waals surface area contributed by atoms with Gasteiger partial charge in [-0.15, -0.1) is 0 Å². The lowest BCUT2D eigenvalue weighted by Crippen LogP contribution is -2.12. The molecule has 1 aromatic carbocycles. The molecule has 11 heteroatoms. The van der Waals surface area contributed by atoms with Gasteiger partial charge in [-0.3, -0.25) is 0 Å². The van der Waals surface area contributed by atoms with Crippen molar-refractivity contribution in [1.82, 2.24) is 18.9 Å². The Morgan fingerprint density at radius 1 is 1.20 bits per heavy atom. The van der Waals surface area contributed by atoms with E-state index < -0.39 is 15.8 Å². The van der Waals surface area contributed by atoms with Crippen LogP contribution in [0.1, 0.15) is 11.3 Å². The number of pyridine rings is 1. The SMILES string of the molecule is Cc1ccc(S(=O)(=O)n2cc(-c3nc(C)c(F)c(=S=O)[nH]3)c3cc(Cl)cnc32)cc1. The van der Waals surface area contributed by atoms with E-state index in [2.05, 4.69) is 15.0 Å². The van der Waals surface area contributed by atoms with Crippen molar-refractivity contribution >= 4 is 43.9 Å². The first-order chi connectivity index (χ1) is 14.2. The summed E-state index contributed by atoms with van der Waals surface area (Å²) >= 11 is 6.04. The van der Waals surface area contributed by atoms with Gasteiger partial charge in [-0.2, -0.15) is 0 Å². The summed E-state index contributed by atoms with van der Waals surface area (Å²) in [6, 6.07) is 7.94. The zero-order valence-corrected chi connectivity index (χ0v) is 18.1. The minimum absolute atomic E-state index is 0.000575. The highest BCUT2D eigenvalue weighted by molar-refractivity contribution is 7.90. The summed E-state index contributed by atoms with van der Waals surface area (Å²) < 4.78 is 52.7. The quantitative estimate of drug-likeness (QED) is 0.465. The topological polar surface area (TPSA) is 97.7 Å². The van der Waals surface area contributed by atoms with Gasteiger partial charge in [-0.25, -0.2) is 31.0 Å². The maximum absolute atomic E-state index is 14.1. The summed E-state index contributed by atoms with van der Waals surface area (Å²) in [5.74, 6) is -0.634. The Bertz CT molecular complexity index is 1510. The van der Waals surface area contributed by atoms with Gasteiger partial charge in [0.05, 0.1) is 15.6 Å². The van der Waals surface area contributed by atoms with Crippen LogP contribution in [-0.4, -0.2) is 31.6 Å². The first-order valence-electron chi connectivity index (χ1n) is 8.61. The van der Waals surface area contributed by atoms with Crippen LogP contribution >= 0.6 is 11.6 Å².